The molecule has 0 aliphatic rings. The Morgan fingerprint density at radius 1 is 1.08 bits per heavy atom. The van der Waals surface area contributed by atoms with Crippen LogP contribution in [0, 0.1) is 6.92 Å². The van der Waals surface area contributed by atoms with Crippen LogP contribution in [0.5, 0.6) is 5.75 Å². The van der Waals surface area contributed by atoms with Crippen molar-refractivity contribution in [1.29, 1.82) is 0 Å². The molecule has 128 valence electrons. The number of carbonyl (C=O) groups excluding carboxylic acids is 1. The molecule has 3 aromatic rings. The Kier molecular flexibility index (Phi) is 5.19. The van der Waals surface area contributed by atoms with Crippen LogP contribution in [0.25, 0.3) is 10.8 Å². The summed E-state index contributed by atoms with van der Waals surface area (Å²) in [5.74, 6) is 0.528. The standard InChI is InChI=1S/C20H18ClNO3/c1-13-15(6-8-19(21)22-13)11-20(23)25-12-14-3-4-17-10-18(24-2)7-5-16(17)9-14/h3-10H,11-12H2,1-2H3. The minimum Gasteiger partial charge on any atom is -0.497 e. The Hall–Kier alpha value is -2.59. The lowest BCUT2D eigenvalue weighted by Gasteiger charge is -2.08. The topological polar surface area (TPSA) is 48.4 Å². The maximum Gasteiger partial charge on any atom is 0.310 e. The summed E-state index contributed by atoms with van der Waals surface area (Å²) >= 11 is 5.83. The number of benzene rings is 2. The fourth-order valence-electron chi connectivity index (χ4n) is 2.61. The lowest BCUT2D eigenvalue weighted by atomic mass is 10.1. The molecule has 5 heteroatoms. The molecule has 0 aliphatic heterocycles. The number of aryl methyl sites for hydroxylation is 1. The first-order chi connectivity index (χ1) is 12.0. The van der Waals surface area contributed by atoms with Gasteiger partial charge in [0.1, 0.15) is 17.5 Å². The fraction of sp³-hybridized carbons (Fsp3) is 0.200. The minimum atomic E-state index is -0.290. The molecule has 0 atom stereocenters. The minimum absolute atomic E-state index is 0.181. The monoisotopic (exact) mass is 355 g/mol. The summed E-state index contributed by atoms with van der Waals surface area (Å²) in [5.41, 5.74) is 2.50. The normalized spacial score (nSPS) is 10.7. The van der Waals surface area contributed by atoms with E-state index in [-0.39, 0.29) is 19.0 Å². The highest BCUT2D eigenvalue weighted by Gasteiger charge is 2.09. The molecule has 1 heterocycles. The maximum absolute atomic E-state index is 12.1. The Balaban J connectivity index is 1.64. The summed E-state index contributed by atoms with van der Waals surface area (Å²) < 4.78 is 10.6. The van der Waals surface area contributed by atoms with Crippen LogP contribution < -0.4 is 4.74 Å². The van der Waals surface area contributed by atoms with Crippen molar-refractivity contribution in [2.24, 2.45) is 0 Å². The van der Waals surface area contributed by atoms with Crippen LogP contribution >= 0.6 is 11.6 Å². The Morgan fingerprint density at radius 2 is 1.84 bits per heavy atom. The van der Waals surface area contributed by atoms with Crippen molar-refractivity contribution < 1.29 is 14.3 Å². The summed E-state index contributed by atoms with van der Waals surface area (Å²) in [6.45, 7) is 2.06. The smallest absolute Gasteiger partial charge is 0.310 e. The third kappa shape index (κ3) is 4.28. The molecule has 0 N–H and O–H groups in total. The maximum atomic E-state index is 12.1. The summed E-state index contributed by atoms with van der Waals surface area (Å²) in [7, 11) is 1.65. The van der Waals surface area contributed by atoms with Gasteiger partial charge < -0.3 is 9.47 Å². The van der Waals surface area contributed by atoms with Crippen molar-refractivity contribution >= 4 is 28.3 Å². The zero-order valence-corrected chi connectivity index (χ0v) is 14.8. The van der Waals surface area contributed by atoms with Gasteiger partial charge in [-0.25, -0.2) is 4.98 Å². The fourth-order valence-corrected chi connectivity index (χ4v) is 2.80. The van der Waals surface area contributed by atoms with E-state index >= 15 is 0 Å². The molecule has 2 aromatic carbocycles. The first-order valence-corrected chi connectivity index (χ1v) is 8.27. The SMILES string of the molecule is COc1ccc2cc(COC(=O)Cc3ccc(Cl)nc3C)ccc2c1. The van der Waals surface area contributed by atoms with E-state index in [1.165, 1.54) is 0 Å². The molecule has 0 saturated heterocycles. The van der Waals surface area contributed by atoms with Crippen molar-refractivity contribution in [1.82, 2.24) is 4.98 Å². The van der Waals surface area contributed by atoms with Crippen LogP contribution in [0.1, 0.15) is 16.8 Å². The van der Waals surface area contributed by atoms with E-state index in [1.54, 1.807) is 19.2 Å². The highest BCUT2D eigenvalue weighted by atomic mass is 35.5. The van der Waals surface area contributed by atoms with Gasteiger partial charge in [0.05, 0.1) is 13.5 Å². The molecule has 0 spiro atoms. The lowest BCUT2D eigenvalue weighted by molar-refractivity contribution is -0.144. The molecule has 1 aromatic heterocycles. The molecule has 0 fully saturated rings. The number of carbonyl (C=O) groups is 1. The second-order valence-electron chi connectivity index (χ2n) is 5.76. The number of esters is 1. The number of hydrogen-bond donors (Lipinski definition) is 0. The van der Waals surface area contributed by atoms with Gasteiger partial charge in [0.25, 0.3) is 0 Å². The molecule has 0 amide bonds. The van der Waals surface area contributed by atoms with E-state index in [0.717, 1.165) is 33.3 Å². The average Bonchev–Trinajstić information content (AvgIpc) is 2.61. The Labute approximate surface area is 151 Å². The van der Waals surface area contributed by atoms with Crippen LogP contribution in [0.3, 0.4) is 0 Å². The zero-order valence-electron chi connectivity index (χ0n) is 14.1. The van der Waals surface area contributed by atoms with E-state index in [9.17, 15) is 4.79 Å². The summed E-state index contributed by atoms with van der Waals surface area (Å²) in [6, 6.07) is 15.3. The molecule has 4 nitrogen and oxygen atoms in total. The molecule has 3 rings (SSSR count). The number of rotatable bonds is 5. The lowest BCUT2D eigenvalue weighted by Crippen LogP contribution is -2.09. The van der Waals surface area contributed by atoms with Crippen LogP contribution in [-0.2, 0) is 22.6 Å². The molecule has 0 bridgehead atoms. The number of aromatic nitrogens is 1. The first kappa shape index (κ1) is 17.2. The quantitative estimate of drug-likeness (QED) is 0.499. The van der Waals surface area contributed by atoms with Crippen molar-refractivity contribution in [2.75, 3.05) is 7.11 Å². The zero-order chi connectivity index (χ0) is 17.8. The molecular formula is C20H18ClNO3. The molecular weight excluding hydrogens is 338 g/mol. The Bertz CT molecular complexity index is 924. The van der Waals surface area contributed by atoms with Crippen molar-refractivity contribution in [3.63, 3.8) is 0 Å². The van der Waals surface area contributed by atoms with Gasteiger partial charge in [-0.05, 0) is 53.1 Å². The van der Waals surface area contributed by atoms with Crippen molar-refractivity contribution in [3.8, 4) is 5.75 Å². The summed E-state index contributed by atoms with van der Waals surface area (Å²) in [4.78, 5) is 16.2. The second kappa shape index (κ2) is 7.53. The van der Waals surface area contributed by atoms with Crippen molar-refractivity contribution in [2.45, 2.75) is 20.0 Å². The number of fused-ring (bicyclic) bond motifs is 1. The van der Waals surface area contributed by atoms with E-state index in [1.807, 2.05) is 43.3 Å². The number of pyridine rings is 1. The number of ether oxygens (including phenoxy) is 2. The van der Waals surface area contributed by atoms with Gasteiger partial charge in [-0.3, -0.25) is 4.79 Å². The van der Waals surface area contributed by atoms with Crippen LogP contribution in [0.2, 0.25) is 5.15 Å². The predicted molar refractivity (Wildman–Crippen MR) is 98.0 cm³/mol. The summed E-state index contributed by atoms with van der Waals surface area (Å²) in [6.07, 6.45) is 0.181. The third-order valence-corrected chi connectivity index (χ3v) is 4.22. The van der Waals surface area contributed by atoms with Gasteiger partial charge in [0.15, 0.2) is 0 Å². The predicted octanol–water partition coefficient (Wildman–Crippen LogP) is 4.49. The van der Waals surface area contributed by atoms with Crippen molar-refractivity contribution in [3.05, 3.63) is 70.5 Å². The number of methoxy groups -OCH3 is 1. The molecule has 0 radical (unpaired) electrons. The molecule has 0 saturated carbocycles. The van der Waals surface area contributed by atoms with Crippen LogP contribution in [-0.4, -0.2) is 18.1 Å². The number of halogens is 1. The molecule has 0 unspecified atom stereocenters. The van der Waals surface area contributed by atoms with Gasteiger partial charge in [-0.1, -0.05) is 35.9 Å². The van der Waals surface area contributed by atoms with Gasteiger partial charge in [-0.2, -0.15) is 0 Å². The van der Waals surface area contributed by atoms with Crippen LogP contribution in [0.4, 0.5) is 0 Å². The van der Waals surface area contributed by atoms with Gasteiger partial charge >= 0.3 is 5.97 Å². The largest absolute Gasteiger partial charge is 0.497 e. The van der Waals surface area contributed by atoms with E-state index in [2.05, 4.69) is 4.98 Å². The van der Waals surface area contributed by atoms with Gasteiger partial charge in [0.2, 0.25) is 0 Å². The van der Waals surface area contributed by atoms with E-state index in [0.29, 0.717) is 5.15 Å². The second-order valence-corrected chi connectivity index (χ2v) is 6.15. The van der Waals surface area contributed by atoms with E-state index < -0.39 is 0 Å². The third-order valence-electron chi connectivity index (χ3n) is 4.01. The number of nitrogens with zero attached hydrogens (tertiary/aromatic N) is 1. The van der Waals surface area contributed by atoms with Crippen LogP contribution in [0.15, 0.2) is 48.5 Å². The average molecular weight is 356 g/mol. The number of hydrogen-bond acceptors (Lipinski definition) is 4. The molecule has 25 heavy (non-hydrogen) atoms. The highest BCUT2D eigenvalue weighted by molar-refractivity contribution is 6.29. The summed E-state index contributed by atoms with van der Waals surface area (Å²) in [5, 5.41) is 2.58. The van der Waals surface area contributed by atoms with Gasteiger partial charge in [-0.15, -0.1) is 0 Å². The van der Waals surface area contributed by atoms with Gasteiger partial charge in [0, 0.05) is 5.69 Å². The first-order valence-electron chi connectivity index (χ1n) is 7.89. The molecule has 0 aliphatic carbocycles. The van der Waals surface area contributed by atoms with E-state index in [4.69, 9.17) is 21.1 Å². The Morgan fingerprint density at radius 3 is 2.60 bits per heavy atom. The highest BCUT2D eigenvalue weighted by Crippen LogP contribution is 2.22.